The second-order valence-corrected chi connectivity index (χ2v) is 31.0. The first-order chi connectivity index (χ1) is 46.9. The highest BCUT2D eigenvalue weighted by Crippen LogP contribution is 2.45. The van der Waals surface area contributed by atoms with Crippen molar-refractivity contribution < 1.29 is 80.2 Å². The number of phosphoric acid groups is 2. The number of allylic oxidation sites excluding steroid dienone is 4. The average Bonchev–Trinajstić information content (AvgIpc) is 1.09. The summed E-state index contributed by atoms with van der Waals surface area (Å²) in [4.78, 5) is 72.9. The maximum Gasteiger partial charge on any atom is 0.472 e. The van der Waals surface area contributed by atoms with Crippen LogP contribution in [0.1, 0.15) is 382 Å². The van der Waals surface area contributed by atoms with Crippen LogP contribution in [-0.4, -0.2) is 96.7 Å². The van der Waals surface area contributed by atoms with E-state index < -0.39 is 97.5 Å². The number of phosphoric ester groups is 2. The maximum atomic E-state index is 13.1. The van der Waals surface area contributed by atoms with E-state index in [0.717, 1.165) is 127 Å². The minimum Gasteiger partial charge on any atom is -0.462 e. The van der Waals surface area contributed by atoms with Gasteiger partial charge in [-0.1, -0.05) is 329 Å². The van der Waals surface area contributed by atoms with Crippen molar-refractivity contribution in [2.75, 3.05) is 39.6 Å². The minimum atomic E-state index is -4.97. The summed E-state index contributed by atoms with van der Waals surface area (Å²) in [6.45, 7) is 9.53. The molecule has 0 saturated carbocycles. The number of carbonyl (C=O) groups is 4. The molecule has 0 saturated heterocycles. The number of rotatable bonds is 75. The topological polar surface area (TPSA) is 237 Å². The summed E-state index contributed by atoms with van der Waals surface area (Å²) < 4.78 is 68.6. The van der Waals surface area contributed by atoms with Gasteiger partial charge in [0.1, 0.15) is 19.3 Å². The van der Waals surface area contributed by atoms with Gasteiger partial charge in [-0.2, -0.15) is 0 Å². The van der Waals surface area contributed by atoms with Crippen LogP contribution in [0, 0.1) is 11.8 Å². The van der Waals surface area contributed by atoms with Gasteiger partial charge >= 0.3 is 39.5 Å². The molecule has 0 radical (unpaired) electrons. The first kappa shape index (κ1) is 94.5. The van der Waals surface area contributed by atoms with E-state index in [1.165, 1.54) is 173 Å². The number of hydrogen-bond donors (Lipinski definition) is 3. The van der Waals surface area contributed by atoms with Gasteiger partial charge in [-0.25, -0.2) is 9.13 Å². The molecule has 0 bridgehead atoms. The lowest BCUT2D eigenvalue weighted by Gasteiger charge is -2.21. The second-order valence-electron chi connectivity index (χ2n) is 28.1. The summed E-state index contributed by atoms with van der Waals surface area (Å²) in [6, 6.07) is 0. The van der Waals surface area contributed by atoms with E-state index in [1.54, 1.807) is 0 Å². The summed E-state index contributed by atoms with van der Waals surface area (Å²) in [6.07, 6.45) is 60.4. The van der Waals surface area contributed by atoms with Crippen molar-refractivity contribution in [1.29, 1.82) is 0 Å². The fraction of sp³-hybridized carbons (Fsp3) is 0.897. The van der Waals surface area contributed by atoms with Crippen molar-refractivity contribution in [3.8, 4) is 0 Å². The largest absolute Gasteiger partial charge is 0.472 e. The first-order valence-electron chi connectivity index (χ1n) is 39.8. The van der Waals surface area contributed by atoms with E-state index in [1.807, 2.05) is 0 Å². The van der Waals surface area contributed by atoms with Crippen molar-refractivity contribution in [3.05, 3.63) is 24.3 Å². The molecule has 0 aliphatic rings. The SMILES string of the molecule is CCCCCC/C=C\C=C/CCCCCCCC(=O)OC[C@H](COP(=O)(O)OC[C@@H](O)COP(=O)(O)OC[C@@H](COC(=O)CCCCCCCCC(C)CC)OC(=O)CCCCCCCCCCCCCCCC)OC(=O)CCCCCCCCCCCCCCCCCC(C)C. The molecule has 17 nitrogen and oxygen atoms in total. The zero-order chi connectivity index (χ0) is 71.4. The van der Waals surface area contributed by atoms with E-state index in [4.69, 9.17) is 37.0 Å². The van der Waals surface area contributed by atoms with Gasteiger partial charge in [0.05, 0.1) is 26.4 Å². The summed E-state index contributed by atoms with van der Waals surface area (Å²) >= 11 is 0. The molecule has 0 aromatic carbocycles. The van der Waals surface area contributed by atoms with E-state index in [-0.39, 0.29) is 25.7 Å². The lowest BCUT2D eigenvalue weighted by Crippen LogP contribution is -2.30. The van der Waals surface area contributed by atoms with Gasteiger partial charge in [0.2, 0.25) is 0 Å². The van der Waals surface area contributed by atoms with Crippen LogP contribution < -0.4 is 0 Å². The summed E-state index contributed by atoms with van der Waals surface area (Å²) in [5.41, 5.74) is 0. The molecule has 0 fully saturated rings. The molecule has 0 rings (SSSR count). The average molecular weight is 1420 g/mol. The fourth-order valence-electron chi connectivity index (χ4n) is 11.4. The molecule has 0 heterocycles. The van der Waals surface area contributed by atoms with E-state index in [9.17, 15) is 43.2 Å². The molecular formula is C78H148O17P2. The molecule has 3 N–H and O–H groups in total. The van der Waals surface area contributed by atoms with Gasteiger partial charge in [-0.15, -0.1) is 0 Å². The van der Waals surface area contributed by atoms with Crippen molar-refractivity contribution in [3.63, 3.8) is 0 Å². The van der Waals surface area contributed by atoms with Gasteiger partial charge in [0.15, 0.2) is 12.2 Å². The molecule has 19 heteroatoms. The molecule has 0 aromatic rings. The van der Waals surface area contributed by atoms with E-state index in [0.29, 0.717) is 25.7 Å². The highest BCUT2D eigenvalue weighted by atomic mass is 31.2. The van der Waals surface area contributed by atoms with Gasteiger partial charge in [-0.05, 0) is 63.2 Å². The van der Waals surface area contributed by atoms with Gasteiger partial charge < -0.3 is 33.8 Å². The van der Waals surface area contributed by atoms with Crippen LogP contribution in [0.4, 0.5) is 0 Å². The molecule has 0 spiro atoms. The van der Waals surface area contributed by atoms with Crippen LogP contribution in [-0.2, 0) is 65.4 Å². The van der Waals surface area contributed by atoms with Crippen LogP contribution >= 0.6 is 15.6 Å². The van der Waals surface area contributed by atoms with Crippen molar-refractivity contribution in [2.24, 2.45) is 11.8 Å². The highest BCUT2D eigenvalue weighted by Gasteiger charge is 2.30. The molecule has 3 unspecified atom stereocenters. The van der Waals surface area contributed by atoms with Crippen LogP contribution in [0.15, 0.2) is 24.3 Å². The summed E-state index contributed by atoms with van der Waals surface area (Å²) in [7, 11) is -9.93. The number of aliphatic hydroxyl groups excluding tert-OH is 1. The van der Waals surface area contributed by atoms with Crippen molar-refractivity contribution in [1.82, 2.24) is 0 Å². The van der Waals surface area contributed by atoms with Crippen molar-refractivity contribution in [2.45, 2.75) is 400 Å². The molecule has 0 aliphatic heterocycles. The Morgan fingerprint density at radius 2 is 0.608 bits per heavy atom. The number of ether oxygens (including phenoxy) is 4. The first-order valence-corrected chi connectivity index (χ1v) is 42.8. The molecule has 0 aliphatic carbocycles. The Morgan fingerprint density at radius 3 is 0.928 bits per heavy atom. The number of esters is 4. The van der Waals surface area contributed by atoms with E-state index >= 15 is 0 Å². The lowest BCUT2D eigenvalue weighted by molar-refractivity contribution is -0.161. The Morgan fingerprint density at radius 1 is 0.340 bits per heavy atom. The third-order valence-electron chi connectivity index (χ3n) is 17.9. The number of unbranched alkanes of at least 4 members (excludes halogenated alkanes) is 41. The van der Waals surface area contributed by atoms with E-state index in [2.05, 4.69) is 65.8 Å². The summed E-state index contributed by atoms with van der Waals surface area (Å²) in [5, 5.41) is 10.6. The van der Waals surface area contributed by atoms with Crippen LogP contribution in [0.25, 0.3) is 0 Å². The monoisotopic (exact) mass is 1420 g/mol. The fourth-order valence-corrected chi connectivity index (χ4v) is 13.0. The van der Waals surface area contributed by atoms with Gasteiger partial charge in [0.25, 0.3) is 0 Å². The third-order valence-corrected chi connectivity index (χ3v) is 19.8. The van der Waals surface area contributed by atoms with Crippen LogP contribution in [0.3, 0.4) is 0 Å². The maximum absolute atomic E-state index is 13.1. The number of carbonyl (C=O) groups excluding carboxylic acids is 4. The summed E-state index contributed by atoms with van der Waals surface area (Å²) in [5.74, 6) is -0.613. The Labute approximate surface area is 592 Å². The molecule has 572 valence electrons. The van der Waals surface area contributed by atoms with Crippen LogP contribution in [0.2, 0.25) is 0 Å². The van der Waals surface area contributed by atoms with Crippen molar-refractivity contribution >= 4 is 39.5 Å². The smallest absolute Gasteiger partial charge is 0.462 e. The molecule has 0 amide bonds. The van der Waals surface area contributed by atoms with Crippen LogP contribution in [0.5, 0.6) is 0 Å². The molecule has 97 heavy (non-hydrogen) atoms. The minimum absolute atomic E-state index is 0.101. The number of aliphatic hydroxyl groups is 1. The molecule has 6 atom stereocenters. The Balaban J connectivity index is 5.28. The Kier molecular flexibility index (Phi) is 67.5. The molecular weight excluding hydrogens is 1270 g/mol. The second kappa shape index (κ2) is 69.3. The predicted octanol–water partition coefficient (Wildman–Crippen LogP) is 22.7. The van der Waals surface area contributed by atoms with Gasteiger partial charge in [-0.3, -0.25) is 37.3 Å². The normalized spacial score (nSPS) is 14.4. The Bertz CT molecular complexity index is 1970. The van der Waals surface area contributed by atoms with Gasteiger partial charge in [0, 0.05) is 25.7 Å². The zero-order valence-electron chi connectivity index (χ0n) is 62.9. The predicted molar refractivity (Wildman–Crippen MR) is 395 cm³/mol. The zero-order valence-corrected chi connectivity index (χ0v) is 64.7. The third kappa shape index (κ3) is 70.4. The highest BCUT2D eigenvalue weighted by molar-refractivity contribution is 7.47. The molecule has 0 aromatic heterocycles. The number of hydrogen-bond acceptors (Lipinski definition) is 15. The lowest BCUT2D eigenvalue weighted by atomic mass is 10.00. The Hall–Kier alpha value is -2.46. The standard InChI is InChI=1S/C78H148O17P2/c1-7-10-12-14-16-18-20-22-25-30-33-37-41-48-54-60-75(80)88-66-73(94-77(82)63-57-51-43-39-35-31-27-24-26-28-32-36-40-46-52-58-70(4)5)68-92-96(84,85)90-64-72(79)65-91-97(86,87)93-69-74(67-89-76(81)61-55-49-45-44-47-53-59-71(6)9-3)95-78(83)62-56-50-42-38-34-29-23-21-19-17-15-13-11-8-2/h18,20,22,25,70-74,79H,7-17,19,21,23-24,26-69H2,1-6H3,(H,84,85)(H,86,87)/b20-18-,25-22-/t71?,72-,73-,74-/m1/s1. The quantitative estimate of drug-likeness (QED) is 0.0169.